The first-order valence-corrected chi connectivity index (χ1v) is 8.17. The van der Waals surface area contributed by atoms with Crippen LogP contribution in [-0.4, -0.2) is 7.05 Å². The van der Waals surface area contributed by atoms with E-state index in [1.54, 1.807) is 0 Å². The fourth-order valence-corrected chi connectivity index (χ4v) is 4.45. The molecule has 0 N–H and O–H groups in total. The number of hydrogen-bond acceptors (Lipinski definition) is 1. The second kappa shape index (κ2) is 4.87. The molecule has 0 saturated heterocycles. The molecule has 0 atom stereocenters. The molecule has 1 heteroatoms. The van der Waals surface area contributed by atoms with Crippen molar-refractivity contribution in [1.29, 1.82) is 0 Å². The molecule has 0 unspecified atom stereocenters. The molecular weight excluding hydrogens is 266 g/mol. The maximum Gasteiger partial charge on any atom is 0.0449 e. The molecule has 0 heterocycles. The second-order valence-electron chi connectivity index (χ2n) is 7.99. The Morgan fingerprint density at radius 2 is 1.45 bits per heavy atom. The molecule has 1 aliphatic carbocycles. The van der Waals surface area contributed by atoms with Crippen molar-refractivity contribution >= 4 is 11.4 Å². The Hall–Kier alpha value is -1.76. The first kappa shape index (κ1) is 15.1. The van der Waals surface area contributed by atoms with E-state index < -0.39 is 0 Å². The molecule has 22 heavy (non-hydrogen) atoms. The van der Waals surface area contributed by atoms with Gasteiger partial charge in [0.25, 0.3) is 0 Å². The highest BCUT2D eigenvalue weighted by molar-refractivity contribution is 5.72. The normalized spacial score (nSPS) is 18.1. The van der Waals surface area contributed by atoms with Crippen molar-refractivity contribution in [2.75, 3.05) is 11.9 Å². The van der Waals surface area contributed by atoms with E-state index in [1.165, 1.54) is 34.5 Å². The lowest BCUT2D eigenvalue weighted by Crippen LogP contribution is -2.20. The summed E-state index contributed by atoms with van der Waals surface area (Å²) in [6.07, 6.45) is 1.20. The maximum atomic E-state index is 2.38. The minimum absolute atomic E-state index is 0.215. The maximum absolute atomic E-state index is 2.38. The summed E-state index contributed by atoms with van der Waals surface area (Å²) in [5, 5.41) is 0. The molecule has 0 aliphatic heterocycles. The summed E-state index contributed by atoms with van der Waals surface area (Å²) >= 11 is 0. The van der Waals surface area contributed by atoms with E-state index in [-0.39, 0.29) is 10.8 Å². The summed E-state index contributed by atoms with van der Waals surface area (Å²) in [7, 11) is 2.19. The average molecular weight is 293 g/mol. The molecule has 0 saturated carbocycles. The Morgan fingerprint density at radius 1 is 0.818 bits per heavy atom. The largest absolute Gasteiger partial charge is 0.344 e. The molecule has 0 bridgehead atoms. The SMILES string of the molecule is Cc1ccccc1N(C)c1cccc2c1C(C)(C)CC2(C)C. The summed E-state index contributed by atoms with van der Waals surface area (Å²) in [5.74, 6) is 0. The van der Waals surface area contributed by atoms with Gasteiger partial charge in [0, 0.05) is 18.4 Å². The summed E-state index contributed by atoms with van der Waals surface area (Å²) in [6, 6.07) is 15.4. The van der Waals surface area contributed by atoms with E-state index >= 15 is 0 Å². The minimum Gasteiger partial charge on any atom is -0.344 e. The number of fused-ring (bicyclic) bond motifs is 1. The van der Waals surface area contributed by atoms with E-state index in [0.717, 1.165) is 0 Å². The average Bonchev–Trinajstić information content (AvgIpc) is 2.64. The van der Waals surface area contributed by atoms with Crippen LogP contribution >= 0.6 is 0 Å². The zero-order valence-corrected chi connectivity index (χ0v) is 14.7. The van der Waals surface area contributed by atoms with Gasteiger partial charge in [0.05, 0.1) is 0 Å². The van der Waals surface area contributed by atoms with Crippen molar-refractivity contribution in [3.63, 3.8) is 0 Å². The lowest BCUT2D eigenvalue weighted by Gasteiger charge is -2.29. The van der Waals surface area contributed by atoms with Crippen molar-refractivity contribution in [3.05, 3.63) is 59.2 Å². The van der Waals surface area contributed by atoms with Gasteiger partial charge in [-0.3, -0.25) is 0 Å². The number of para-hydroxylation sites is 1. The van der Waals surface area contributed by atoms with Gasteiger partial charge in [-0.05, 0) is 53.0 Å². The zero-order chi connectivity index (χ0) is 16.1. The smallest absolute Gasteiger partial charge is 0.0449 e. The Labute approximate surface area is 135 Å². The fraction of sp³-hybridized carbons (Fsp3) is 0.429. The molecule has 0 fully saturated rings. The third-order valence-electron chi connectivity index (χ3n) is 5.17. The first-order chi connectivity index (χ1) is 10.2. The third-order valence-corrected chi connectivity index (χ3v) is 5.17. The Morgan fingerprint density at radius 3 is 2.14 bits per heavy atom. The quantitative estimate of drug-likeness (QED) is 0.684. The molecule has 116 valence electrons. The van der Waals surface area contributed by atoms with Gasteiger partial charge < -0.3 is 4.90 Å². The van der Waals surface area contributed by atoms with Crippen molar-refractivity contribution in [1.82, 2.24) is 0 Å². The summed E-state index contributed by atoms with van der Waals surface area (Å²) in [5.41, 5.74) is 7.45. The van der Waals surface area contributed by atoms with Crippen LogP contribution in [0.25, 0.3) is 0 Å². The molecule has 0 spiro atoms. The highest BCUT2D eigenvalue weighted by Gasteiger charge is 2.43. The highest BCUT2D eigenvalue weighted by Crippen LogP contribution is 2.53. The van der Waals surface area contributed by atoms with E-state index in [9.17, 15) is 0 Å². The van der Waals surface area contributed by atoms with E-state index in [0.29, 0.717) is 0 Å². The monoisotopic (exact) mass is 293 g/mol. The molecule has 1 nitrogen and oxygen atoms in total. The van der Waals surface area contributed by atoms with Crippen LogP contribution in [0.3, 0.4) is 0 Å². The Bertz CT molecular complexity index is 710. The van der Waals surface area contributed by atoms with Gasteiger partial charge in [-0.2, -0.15) is 0 Å². The van der Waals surface area contributed by atoms with Gasteiger partial charge >= 0.3 is 0 Å². The van der Waals surface area contributed by atoms with Crippen molar-refractivity contribution < 1.29 is 0 Å². The topological polar surface area (TPSA) is 3.24 Å². The molecule has 0 radical (unpaired) electrons. The van der Waals surface area contributed by atoms with Crippen LogP contribution in [0.4, 0.5) is 11.4 Å². The molecule has 2 aromatic rings. The number of anilines is 2. The van der Waals surface area contributed by atoms with E-state index in [4.69, 9.17) is 0 Å². The molecule has 2 aromatic carbocycles. The van der Waals surface area contributed by atoms with Gasteiger partial charge in [-0.1, -0.05) is 58.0 Å². The number of nitrogens with zero attached hydrogens (tertiary/aromatic N) is 1. The summed E-state index contributed by atoms with van der Waals surface area (Å²) < 4.78 is 0. The van der Waals surface area contributed by atoms with Crippen molar-refractivity contribution in [2.45, 2.75) is 51.9 Å². The first-order valence-electron chi connectivity index (χ1n) is 8.17. The van der Waals surface area contributed by atoms with Gasteiger partial charge in [-0.15, -0.1) is 0 Å². The van der Waals surface area contributed by atoms with Crippen LogP contribution in [0.5, 0.6) is 0 Å². The second-order valence-corrected chi connectivity index (χ2v) is 7.99. The number of aryl methyl sites for hydroxylation is 1. The lowest BCUT2D eigenvalue weighted by molar-refractivity contribution is 0.403. The summed E-state index contributed by atoms with van der Waals surface area (Å²) in [6.45, 7) is 11.7. The van der Waals surface area contributed by atoms with Gasteiger partial charge in [-0.25, -0.2) is 0 Å². The number of benzene rings is 2. The van der Waals surface area contributed by atoms with Crippen LogP contribution in [0.1, 0.15) is 50.8 Å². The summed E-state index contributed by atoms with van der Waals surface area (Å²) in [4.78, 5) is 2.36. The minimum atomic E-state index is 0.215. The standard InChI is InChI=1S/C21H27N/c1-15-10-7-8-12-17(15)22(6)18-13-9-11-16-19(18)21(4,5)14-20(16,2)3/h7-13H,14H2,1-6H3. The lowest BCUT2D eigenvalue weighted by atomic mass is 9.81. The van der Waals surface area contributed by atoms with Crippen molar-refractivity contribution in [2.24, 2.45) is 0 Å². The van der Waals surface area contributed by atoms with E-state index in [1.807, 2.05) is 0 Å². The van der Waals surface area contributed by atoms with Crippen LogP contribution < -0.4 is 4.90 Å². The number of rotatable bonds is 2. The zero-order valence-electron chi connectivity index (χ0n) is 14.7. The third kappa shape index (κ3) is 2.24. The number of hydrogen-bond donors (Lipinski definition) is 0. The highest BCUT2D eigenvalue weighted by atomic mass is 15.1. The predicted molar refractivity (Wildman–Crippen MR) is 96.4 cm³/mol. The Balaban J connectivity index is 2.19. The molecule has 0 aromatic heterocycles. The molecule has 0 amide bonds. The molecule has 3 rings (SSSR count). The molecule has 1 aliphatic rings. The van der Waals surface area contributed by atoms with Crippen LogP contribution in [-0.2, 0) is 10.8 Å². The van der Waals surface area contributed by atoms with E-state index in [2.05, 4.69) is 89.0 Å². The van der Waals surface area contributed by atoms with Gasteiger partial charge in [0.2, 0.25) is 0 Å². The van der Waals surface area contributed by atoms with Gasteiger partial charge in [0.15, 0.2) is 0 Å². The Kier molecular flexibility index (Phi) is 3.36. The molecular formula is C21H27N. The van der Waals surface area contributed by atoms with Crippen molar-refractivity contribution in [3.8, 4) is 0 Å². The van der Waals surface area contributed by atoms with Crippen LogP contribution in [0, 0.1) is 6.92 Å². The van der Waals surface area contributed by atoms with Crippen LogP contribution in [0.2, 0.25) is 0 Å². The van der Waals surface area contributed by atoms with Gasteiger partial charge in [0.1, 0.15) is 0 Å². The fourth-order valence-electron chi connectivity index (χ4n) is 4.45. The predicted octanol–water partition coefficient (Wildman–Crippen LogP) is 5.72. The van der Waals surface area contributed by atoms with Crippen LogP contribution in [0.15, 0.2) is 42.5 Å².